The number of carbonyl (C=O) groups excluding carboxylic acids is 1. The lowest BCUT2D eigenvalue weighted by Crippen LogP contribution is -2.37. The number of methoxy groups -OCH3 is 1. The number of rotatable bonds is 6. The predicted octanol–water partition coefficient (Wildman–Crippen LogP) is 2.39. The van der Waals surface area contributed by atoms with Crippen molar-refractivity contribution in [1.29, 1.82) is 0 Å². The number of para-hydroxylation sites is 2. The number of ether oxygens (including phenoxy) is 2. The first kappa shape index (κ1) is 18.9. The molecule has 1 heterocycles. The molecule has 0 radical (unpaired) electrons. The minimum Gasteiger partial charge on any atom is -0.493 e. The van der Waals surface area contributed by atoms with Crippen LogP contribution in [-0.4, -0.2) is 38.8 Å². The second-order valence-electron chi connectivity index (χ2n) is 6.69. The molecule has 1 spiro atoms. The summed E-state index contributed by atoms with van der Waals surface area (Å²) in [6.07, 6.45) is 3.19. The van der Waals surface area contributed by atoms with Gasteiger partial charge in [0.15, 0.2) is 11.5 Å². The van der Waals surface area contributed by atoms with Crippen molar-refractivity contribution in [2.45, 2.75) is 32.3 Å². The topological polar surface area (TPSA) is 59.6 Å². The van der Waals surface area contributed by atoms with E-state index < -0.39 is 0 Å². The number of piperidine rings is 1. The van der Waals surface area contributed by atoms with Gasteiger partial charge in [-0.2, -0.15) is 0 Å². The van der Waals surface area contributed by atoms with Gasteiger partial charge in [-0.05, 0) is 56.8 Å². The van der Waals surface area contributed by atoms with Crippen LogP contribution in [0.15, 0.2) is 24.3 Å². The van der Waals surface area contributed by atoms with Crippen molar-refractivity contribution in [3.8, 4) is 11.5 Å². The molecule has 1 amide bonds. The van der Waals surface area contributed by atoms with E-state index in [-0.39, 0.29) is 35.8 Å². The van der Waals surface area contributed by atoms with Crippen LogP contribution < -0.4 is 20.1 Å². The summed E-state index contributed by atoms with van der Waals surface area (Å²) in [6, 6.07) is 7.56. The van der Waals surface area contributed by atoms with Gasteiger partial charge < -0.3 is 20.1 Å². The Kier molecular flexibility index (Phi) is 6.35. The monoisotopic (exact) mass is 354 g/mol. The van der Waals surface area contributed by atoms with E-state index in [0.29, 0.717) is 18.0 Å². The number of amides is 1. The molecule has 1 aromatic carbocycles. The standard InChI is InChI=1S/C18H26N2O3.ClH/c1-13(23-16-6-4-3-5-15(16)22-2)12-20-17(21)14-11-18(14)7-9-19-10-8-18;/h3-6,13-14,19H,7-12H2,1-2H3,(H,20,21);1H. The first-order valence-electron chi connectivity index (χ1n) is 8.43. The van der Waals surface area contributed by atoms with Crippen LogP contribution in [0.4, 0.5) is 0 Å². The molecule has 2 unspecified atom stereocenters. The third-order valence-corrected chi connectivity index (χ3v) is 5.07. The molecule has 1 saturated carbocycles. The largest absolute Gasteiger partial charge is 0.493 e. The summed E-state index contributed by atoms with van der Waals surface area (Å²) in [6.45, 7) is 4.55. The molecule has 1 aliphatic carbocycles. The molecule has 2 atom stereocenters. The highest BCUT2D eigenvalue weighted by Gasteiger charge is 2.57. The Morgan fingerprint density at radius 1 is 1.33 bits per heavy atom. The molecule has 5 nitrogen and oxygen atoms in total. The maximum Gasteiger partial charge on any atom is 0.223 e. The van der Waals surface area contributed by atoms with Crippen LogP contribution in [-0.2, 0) is 4.79 Å². The third kappa shape index (κ3) is 4.14. The van der Waals surface area contributed by atoms with Gasteiger partial charge in [-0.3, -0.25) is 4.79 Å². The number of carbonyl (C=O) groups is 1. The van der Waals surface area contributed by atoms with Crippen molar-refractivity contribution in [2.75, 3.05) is 26.7 Å². The molecular weight excluding hydrogens is 328 g/mol. The zero-order valence-corrected chi connectivity index (χ0v) is 15.2. The van der Waals surface area contributed by atoms with E-state index in [0.717, 1.165) is 32.4 Å². The second kappa shape index (κ2) is 8.08. The molecule has 134 valence electrons. The van der Waals surface area contributed by atoms with E-state index in [1.807, 2.05) is 31.2 Å². The van der Waals surface area contributed by atoms with Crippen LogP contribution in [0.25, 0.3) is 0 Å². The summed E-state index contributed by atoms with van der Waals surface area (Å²) >= 11 is 0. The highest BCUT2D eigenvalue weighted by molar-refractivity contribution is 5.85. The summed E-state index contributed by atoms with van der Waals surface area (Å²) in [7, 11) is 1.63. The Balaban J connectivity index is 0.00000208. The minimum atomic E-state index is -0.0991. The van der Waals surface area contributed by atoms with Crippen molar-refractivity contribution in [3.63, 3.8) is 0 Å². The second-order valence-corrected chi connectivity index (χ2v) is 6.69. The molecule has 3 rings (SSSR count). The molecule has 2 N–H and O–H groups in total. The van der Waals surface area contributed by atoms with Gasteiger partial charge in [0, 0.05) is 5.92 Å². The number of halogens is 1. The Hall–Kier alpha value is -1.46. The van der Waals surface area contributed by atoms with E-state index in [4.69, 9.17) is 9.47 Å². The Labute approximate surface area is 149 Å². The van der Waals surface area contributed by atoms with E-state index in [9.17, 15) is 4.79 Å². The average Bonchev–Trinajstić information content (AvgIpc) is 3.27. The lowest BCUT2D eigenvalue weighted by molar-refractivity contribution is -0.123. The number of benzene rings is 1. The van der Waals surface area contributed by atoms with Gasteiger partial charge in [-0.25, -0.2) is 0 Å². The van der Waals surface area contributed by atoms with Crippen LogP contribution in [0.3, 0.4) is 0 Å². The van der Waals surface area contributed by atoms with Crippen LogP contribution in [0, 0.1) is 11.3 Å². The van der Waals surface area contributed by atoms with Gasteiger partial charge in [0.1, 0.15) is 6.10 Å². The summed E-state index contributed by atoms with van der Waals surface area (Å²) in [5.74, 6) is 1.80. The van der Waals surface area contributed by atoms with Crippen LogP contribution in [0.2, 0.25) is 0 Å². The van der Waals surface area contributed by atoms with Gasteiger partial charge in [0.2, 0.25) is 5.91 Å². The Morgan fingerprint density at radius 2 is 2.00 bits per heavy atom. The first-order valence-corrected chi connectivity index (χ1v) is 8.43. The zero-order valence-electron chi connectivity index (χ0n) is 14.3. The van der Waals surface area contributed by atoms with Crippen molar-refractivity contribution in [1.82, 2.24) is 10.6 Å². The molecule has 1 aromatic rings. The molecule has 2 fully saturated rings. The van der Waals surface area contributed by atoms with E-state index in [1.54, 1.807) is 7.11 Å². The molecule has 1 saturated heterocycles. The number of hydrogen-bond acceptors (Lipinski definition) is 4. The number of nitrogens with one attached hydrogen (secondary N) is 2. The van der Waals surface area contributed by atoms with Gasteiger partial charge in [-0.1, -0.05) is 12.1 Å². The highest BCUT2D eigenvalue weighted by atomic mass is 35.5. The third-order valence-electron chi connectivity index (χ3n) is 5.07. The van der Waals surface area contributed by atoms with Gasteiger partial charge >= 0.3 is 0 Å². The zero-order chi connectivity index (χ0) is 16.3. The van der Waals surface area contributed by atoms with Crippen molar-refractivity contribution < 1.29 is 14.3 Å². The van der Waals surface area contributed by atoms with Crippen molar-refractivity contribution in [2.24, 2.45) is 11.3 Å². The van der Waals surface area contributed by atoms with Crippen LogP contribution in [0.5, 0.6) is 11.5 Å². The lowest BCUT2D eigenvalue weighted by atomic mass is 9.92. The fourth-order valence-electron chi connectivity index (χ4n) is 3.54. The lowest BCUT2D eigenvalue weighted by Gasteiger charge is -2.23. The highest BCUT2D eigenvalue weighted by Crippen LogP contribution is 2.58. The van der Waals surface area contributed by atoms with Crippen LogP contribution >= 0.6 is 12.4 Å². The Bertz CT molecular complexity index is 561. The molecule has 6 heteroatoms. The summed E-state index contributed by atoms with van der Waals surface area (Å²) in [5, 5.41) is 6.41. The summed E-state index contributed by atoms with van der Waals surface area (Å²) in [4.78, 5) is 12.3. The Morgan fingerprint density at radius 3 is 2.67 bits per heavy atom. The van der Waals surface area contributed by atoms with E-state index >= 15 is 0 Å². The molecule has 0 aromatic heterocycles. The average molecular weight is 355 g/mol. The molecular formula is C18H27ClN2O3. The summed E-state index contributed by atoms with van der Waals surface area (Å²) < 4.78 is 11.2. The number of hydrogen-bond donors (Lipinski definition) is 2. The molecule has 2 aliphatic rings. The predicted molar refractivity (Wildman–Crippen MR) is 96.0 cm³/mol. The fraction of sp³-hybridized carbons (Fsp3) is 0.611. The molecule has 1 aliphatic heterocycles. The maximum atomic E-state index is 12.3. The molecule has 0 bridgehead atoms. The van der Waals surface area contributed by atoms with Crippen molar-refractivity contribution in [3.05, 3.63) is 24.3 Å². The quantitative estimate of drug-likeness (QED) is 0.823. The van der Waals surface area contributed by atoms with Gasteiger partial charge in [0.25, 0.3) is 0 Å². The van der Waals surface area contributed by atoms with Gasteiger partial charge in [-0.15, -0.1) is 12.4 Å². The SMILES string of the molecule is COc1ccccc1OC(C)CNC(=O)C1CC12CCNCC2.Cl. The summed E-state index contributed by atoms with van der Waals surface area (Å²) in [5.41, 5.74) is 0.280. The van der Waals surface area contributed by atoms with Crippen LogP contribution in [0.1, 0.15) is 26.2 Å². The van der Waals surface area contributed by atoms with Gasteiger partial charge in [0.05, 0.1) is 13.7 Å². The van der Waals surface area contributed by atoms with E-state index in [1.165, 1.54) is 0 Å². The molecule has 24 heavy (non-hydrogen) atoms. The fourth-order valence-corrected chi connectivity index (χ4v) is 3.54. The van der Waals surface area contributed by atoms with Crippen molar-refractivity contribution >= 4 is 18.3 Å². The van der Waals surface area contributed by atoms with E-state index in [2.05, 4.69) is 10.6 Å². The normalized spacial score (nSPS) is 22.2. The smallest absolute Gasteiger partial charge is 0.223 e. The first-order chi connectivity index (χ1) is 11.1. The maximum absolute atomic E-state index is 12.3. The minimum absolute atomic E-state index is 0.